The van der Waals surface area contributed by atoms with E-state index < -0.39 is 17.6 Å². The van der Waals surface area contributed by atoms with Crippen LogP contribution >= 0.6 is 0 Å². The summed E-state index contributed by atoms with van der Waals surface area (Å²) in [4.78, 5) is 12.4. The van der Waals surface area contributed by atoms with Gasteiger partial charge < -0.3 is 10.1 Å². The maximum absolute atomic E-state index is 13.2. The zero-order valence-electron chi connectivity index (χ0n) is 13.8. The first-order chi connectivity index (χ1) is 12.0. The zero-order valence-corrected chi connectivity index (χ0v) is 13.8. The minimum Gasteiger partial charge on any atom is -0.497 e. The van der Waals surface area contributed by atoms with Crippen LogP contribution in [0, 0.1) is 11.6 Å². The quantitative estimate of drug-likeness (QED) is 0.735. The Labute approximate surface area is 144 Å². The highest BCUT2D eigenvalue weighted by Gasteiger charge is 2.16. The fraction of sp³-hybridized carbons (Fsp3) is 0.150. The Balaban J connectivity index is 1.82. The van der Waals surface area contributed by atoms with Crippen molar-refractivity contribution in [3.8, 4) is 5.75 Å². The number of rotatable bonds is 4. The van der Waals surface area contributed by atoms with E-state index in [1.54, 1.807) is 14.0 Å². The monoisotopic (exact) mass is 341 g/mol. The third-order valence-electron chi connectivity index (χ3n) is 4.09. The van der Waals surface area contributed by atoms with Crippen LogP contribution in [0.4, 0.5) is 14.5 Å². The van der Waals surface area contributed by atoms with E-state index in [4.69, 9.17) is 4.74 Å². The molecule has 0 radical (unpaired) electrons. The number of nitrogens with one attached hydrogen (secondary N) is 1. The molecular formula is C20H17F2NO2. The molecule has 1 N–H and O–H groups in total. The van der Waals surface area contributed by atoms with Gasteiger partial charge in [0.15, 0.2) is 0 Å². The highest BCUT2D eigenvalue weighted by atomic mass is 19.1. The first-order valence-corrected chi connectivity index (χ1v) is 7.81. The fourth-order valence-electron chi connectivity index (χ4n) is 2.67. The number of ether oxygens (including phenoxy) is 1. The van der Waals surface area contributed by atoms with Gasteiger partial charge in [0.05, 0.1) is 13.0 Å². The standard InChI is InChI=1S/C20H17F2NO2/c1-12(20(24)23-18-10-16(21)9-17(22)11-18)13-3-4-15-8-19(25-2)6-5-14(15)7-13/h3-12H,1-2H3,(H,23,24)/t12-/m1/s1. The van der Waals surface area contributed by atoms with Gasteiger partial charge in [-0.1, -0.05) is 24.3 Å². The van der Waals surface area contributed by atoms with Crippen molar-refractivity contribution in [3.63, 3.8) is 0 Å². The van der Waals surface area contributed by atoms with Crippen LogP contribution in [-0.4, -0.2) is 13.0 Å². The minimum absolute atomic E-state index is 0.0971. The second-order valence-electron chi connectivity index (χ2n) is 5.84. The van der Waals surface area contributed by atoms with Crippen LogP contribution in [0.2, 0.25) is 0 Å². The van der Waals surface area contributed by atoms with E-state index in [0.29, 0.717) is 0 Å². The van der Waals surface area contributed by atoms with Crippen molar-refractivity contribution < 1.29 is 18.3 Å². The molecule has 3 rings (SSSR count). The molecule has 5 heteroatoms. The first kappa shape index (κ1) is 16.9. The number of fused-ring (bicyclic) bond motifs is 1. The van der Waals surface area contributed by atoms with Crippen LogP contribution in [0.25, 0.3) is 10.8 Å². The van der Waals surface area contributed by atoms with Crippen LogP contribution < -0.4 is 10.1 Å². The average molecular weight is 341 g/mol. The molecule has 0 aliphatic carbocycles. The molecule has 128 valence electrons. The lowest BCUT2D eigenvalue weighted by molar-refractivity contribution is -0.117. The Morgan fingerprint density at radius 2 is 1.60 bits per heavy atom. The summed E-state index contributed by atoms with van der Waals surface area (Å²) in [6, 6.07) is 14.3. The van der Waals surface area contributed by atoms with E-state index in [2.05, 4.69) is 5.32 Å². The van der Waals surface area contributed by atoms with Crippen LogP contribution in [0.3, 0.4) is 0 Å². The van der Waals surface area contributed by atoms with Crippen LogP contribution in [0.5, 0.6) is 5.75 Å². The number of anilines is 1. The van der Waals surface area contributed by atoms with Gasteiger partial charge in [-0.25, -0.2) is 8.78 Å². The number of halogens is 2. The lowest BCUT2D eigenvalue weighted by Crippen LogP contribution is -2.19. The summed E-state index contributed by atoms with van der Waals surface area (Å²) in [6.45, 7) is 1.75. The number of hydrogen-bond acceptors (Lipinski definition) is 2. The molecule has 1 amide bonds. The summed E-state index contributed by atoms with van der Waals surface area (Å²) in [7, 11) is 1.61. The predicted octanol–water partition coefficient (Wildman–Crippen LogP) is 4.87. The van der Waals surface area contributed by atoms with E-state index in [9.17, 15) is 13.6 Å². The highest BCUT2D eigenvalue weighted by Crippen LogP contribution is 2.26. The van der Waals surface area contributed by atoms with Gasteiger partial charge in [-0.15, -0.1) is 0 Å². The van der Waals surface area contributed by atoms with Gasteiger partial charge in [0, 0.05) is 11.8 Å². The Morgan fingerprint density at radius 3 is 2.28 bits per heavy atom. The maximum Gasteiger partial charge on any atom is 0.231 e. The summed E-state index contributed by atoms with van der Waals surface area (Å²) in [5, 5.41) is 4.53. The summed E-state index contributed by atoms with van der Waals surface area (Å²) in [5.74, 6) is -1.51. The Bertz CT molecular complexity index is 920. The van der Waals surface area contributed by atoms with Crippen molar-refractivity contribution >= 4 is 22.4 Å². The average Bonchev–Trinajstić information content (AvgIpc) is 2.59. The number of methoxy groups -OCH3 is 1. The molecule has 0 aromatic heterocycles. The molecule has 1 atom stereocenters. The minimum atomic E-state index is -0.734. The summed E-state index contributed by atoms with van der Waals surface area (Å²) in [6.07, 6.45) is 0. The van der Waals surface area contributed by atoms with Crippen LogP contribution in [-0.2, 0) is 4.79 Å². The van der Waals surface area contributed by atoms with Gasteiger partial charge in [-0.2, -0.15) is 0 Å². The molecule has 3 aromatic carbocycles. The van der Waals surface area contributed by atoms with Crippen LogP contribution in [0.15, 0.2) is 54.6 Å². The molecule has 3 nitrogen and oxygen atoms in total. The molecule has 0 unspecified atom stereocenters. The lowest BCUT2D eigenvalue weighted by atomic mass is 9.97. The van der Waals surface area contributed by atoms with Gasteiger partial charge in [0.2, 0.25) is 5.91 Å². The summed E-state index contributed by atoms with van der Waals surface area (Å²) >= 11 is 0. The van der Waals surface area contributed by atoms with Crippen molar-refractivity contribution in [1.29, 1.82) is 0 Å². The van der Waals surface area contributed by atoms with Crippen molar-refractivity contribution in [3.05, 3.63) is 71.8 Å². The fourth-order valence-corrected chi connectivity index (χ4v) is 2.67. The smallest absolute Gasteiger partial charge is 0.231 e. The summed E-state index contributed by atoms with van der Waals surface area (Å²) in [5.41, 5.74) is 0.909. The van der Waals surface area contributed by atoms with E-state index in [1.807, 2.05) is 36.4 Å². The molecular weight excluding hydrogens is 324 g/mol. The van der Waals surface area contributed by atoms with E-state index in [0.717, 1.165) is 40.3 Å². The number of hydrogen-bond donors (Lipinski definition) is 1. The second kappa shape index (κ2) is 6.89. The Hall–Kier alpha value is -2.95. The van der Waals surface area contributed by atoms with Gasteiger partial charge in [-0.3, -0.25) is 4.79 Å². The van der Waals surface area contributed by atoms with Crippen molar-refractivity contribution in [2.45, 2.75) is 12.8 Å². The molecule has 0 aliphatic heterocycles. The van der Waals surface area contributed by atoms with Gasteiger partial charge in [-0.05, 0) is 47.5 Å². The first-order valence-electron chi connectivity index (χ1n) is 7.81. The molecule has 0 spiro atoms. The Morgan fingerprint density at radius 1 is 0.960 bits per heavy atom. The van der Waals surface area contributed by atoms with Gasteiger partial charge >= 0.3 is 0 Å². The normalized spacial score (nSPS) is 12.0. The molecule has 0 heterocycles. The van der Waals surface area contributed by atoms with Crippen molar-refractivity contribution in [2.75, 3.05) is 12.4 Å². The summed E-state index contributed by atoms with van der Waals surface area (Å²) < 4.78 is 31.7. The Kier molecular flexibility index (Phi) is 4.65. The van der Waals surface area contributed by atoms with Crippen molar-refractivity contribution in [2.24, 2.45) is 0 Å². The number of amides is 1. The van der Waals surface area contributed by atoms with Gasteiger partial charge in [0.25, 0.3) is 0 Å². The molecule has 25 heavy (non-hydrogen) atoms. The molecule has 3 aromatic rings. The molecule has 0 fully saturated rings. The van der Waals surface area contributed by atoms with Gasteiger partial charge in [0.1, 0.15) is 17.4 Å². The molecule has 0 bridgehead atoms. The SMILES string of the molecule is COc1ccc2cc([C@@H](C)C(=O)Nc3cc(F)cc(F)c3)ccc2c1. The second-order valence-corrected chi connectivity index (χ2v) is 5.84. The van der Waals surface area contributed by atoms with E-state index >= 15 is 0 Å². The number of carbonyl (C=O) groups is 1. The van der Waals surface area contributed by atoms with Crippen LogP contribution in [0.1, 0.15) is 18.4 Å². The van der Waals surface area contributed by atoms with E-state index in [-0.39, 0.29) is 11.6 Å². The predicted molar refractivity (Wildman–Crippen MR) is 93.9 cm³/mol. The maximum atomic E-state index is 13.2. The molecule has 0 saturated heterocycles. The van der Waals surface area contributed by atoms with E-state index in [1.165, 1.54) is 0 Å². The number of carbonyl (C=O) groups excluding carboxylic acids is 1. The number of benzene rings is 3. The third kappa shape index (κ3) is 3.76. The molecule has 0 aliphatic rings. The third-order valence-corrected chi connectivity index (χ3v) is 4.09. The lowest BCUT2D eigenvalue weighted by Gasteiger charge is -2.14. The topological polar surface area (TPSA) is 38.3 Å². The largest absolute Gasteiger partial charge is 0.497 e. The van der Waals surface area contributed by atoms with Crippen molar-refractivity contribution in [1.82, 2.24) is 0 Å². The zero-order chi connectivity index (χ0) is 18.0. The molecule has 0 saturated carbocycles. The highest BCUT2D eigenvalue weighted by molar-refractivity contribution is 5.96.